The number of nitrogens with two attached hydrogens (primary N) is 1. The van der Waals surface area contributed by atoms with Crippen LogP contribution in [0.3, 0.4) is 0 Å². The molecule has 136 valence electrons. The molecule has 0 aromatic heterocycles. The van der Waals surface area contributed by atoms with Gasteiger partial charge in [-0.15, -0.1) is 12.4 Å². The largest absolute Gasteiger partial charge is 0.342 e. The van der Waals surface area contributed by atoms with Crippen LogP contribution in [0.5, 0.6) is 0 Å². The Morgan fingerprint density at radius 1 is 1.25 bits per heavy atom. The molecule has 2 rings (SSSR count). The first kappa shape index (κ1) is 21.0. The minimum Gasteiger partial charge on any atom is -0.342 e. The van der Waals surface area contributed by atoms with Crippen LogP contribution in [0.4, 0.5) is 0 Å². The summed E-state index contributed by atoms with van der Waals surface area (Å²) in [6, 6.07) is 10.5. The predicted molar refractivity (Wildman–Crippen MR) is 103 cm³/mol. The molecule has 0 aliphatic carbocycles. The van der Waals surface area contributed by atoms with Crippen LogP contribution in [-0.2, 0) is 4.79 Å². The van der Waals surface area contributed by atoms with Crippen molar-refractivity contribution in [3.05, 3.63) is 35.9 Å². The Balaban J connectivity index is 0.00000288. The summed E-state index contributed by atoms with van der Waals surface area (Å²) < 4.78 is 0. The summed E-state index contributed by atoms with van der Waals surface area (Å²) >= 11 is 0. The molecule has 0 saturated carbocycles. The molecule has 3 atom stereocenters. The fourth-order valence-electron chi connectivity index (χ4n) is 3.71. The van der Waals surface area contributed by atoms with Crippen LogP contribution in [0.15, 0.2) is 30.3 Å². The second-order valence-corrected chi connectivity index (χ2v) is 6.93. The molecule has 1 aromatic carbocycles. The van der Waals surface area contributed by atoms with Gasteiger partial charge in [-0.3, -0.25) is 4.79 Å². The second kappa shape index (κ2) is 10.7. The van der Waals surface area contributed by atoms with Gasteiger partial charge in [-0.25, -0.2) is 0 Å². The van der Waals surface area contributed by atoms with Crippen LogP contribution in [0, 0.1) is 11.8 Å². The summed E-state index contributed by atoms with van der Waals surface area (Å²) in [6.07, 6.45) is 5.41. The van der Waals surface area contributed by atoms with Gasteiger partial charge in [0.1, 0.15) is 0 Å². The van der Waals surface area contributed by atoms with Crippen LogP contribution >= 0.6 is 12.4 Å². The van der Waals surface area contributed by atoms with E-state index in [0.717, 1.165) is 19.5 Å². The summed E-state index contributed by atoms with van der Waals surface area (Å²) in [6.45, 7) is 6.71. The molecule has 0 bridgehead atoms. The molecule has 0 radical (unpaired) electrons. The fourth-order valence-corrected chi connectivity index (χ4v) is 3.71. The molecule has 2 N–H and O–H groups in total. The van der Waals surface area contributed by atoms with Crippen LogP contribution in [0.1, 0.15) is 57.4 Å². The van der Waals surface area contributed by atoms with Crippen molar-refractivity contribution in [3.8, 4) is 0 Å². The lowest BCUT2D eigenvalue weighted by molar-refractivity contribution is -0.131. The minimum atomic E-state index is 0. The van der Waals surface area contributed by atoms with E-state index in [-0.39, 0.29) is 12.4 Å². The molecule has 1 aliphatic heterocycles. The van der Waals surface area contributed by atoms with E-state index >= 15 is 0 Å². The predicted octanol–water partition coefficient (Wildman–Crippen LogP) is 4.22. The zero-order valence-corrected chi connectivity index (χ0v) is 15.9. The zero-order valence-electron chi connectivity index (χ0n) is 15.1. The number of unbranched alkanes of at least 4 members (excludes halogenated alkanes) is 1. The van der Waals surface area contributed by atoms with E-state index in [4.69, 9.17) is 5.73 Å². The van der Waals surface area contributed by atoms with Crippen molar-refractivity contribution in [2.45, 2.75) is 51.9 Å². The molecule has 0 spiro atoms. The lowest BCUT2D eigenvalue weighted by Gasteiger charge is -2.20. The van der Waals surface area contributed by atoms with E-state index < -0.39 is 0 Å². The highest BCUT2D eigenvalue weighted by Crippen LogP contribution is 2.33. The van der Waals surface area contributed by atoms with Crippen molar-refractivity contribution in [2.75, 3.05) is 19.6 Å². The Morgan fingerprint density at radius 2 is 1.96 bits per heavy atom. The maximum Gasteiger partial charge on any atom is 0.222 e. The van der Waals surface area contributed by atoms with Gasteiger partial charge in [-0.2, -0.15) is 0 Å². The van der Waals surface area contributed by atoms with E-state index in [1.807, 2.05) is 6.07 Å². The van der Waals surface area contributed by atoms with Gasteiger partial charge >= 0.3 is 0 Å². The molecule has 1 fully saturated rings. The molecule has 1 aromatic rings. The van der Waals surface area contributed by atoms with Gasteiger partial charge in [-0.1, -0.05) is 63.4 Å². The Morgan fingerprint density at radius 3 is 2.54 bits per heavy atom. The van der Waals surface area contributed by atoms with Crippen molar-refractivity contribution in [3.63, 3.8) is 0 Å². The van der Waals surface area contributed by atoms with Gasteiger partial charge < -0.3 is 10.6 Å². The topological polar surface area (TPSA) is 46.3 Å². The standard InChI is InChI=1S/C20H32N2O.ClH/c1-3-5-9-16(4-2)12-20(23)22-14-18(13-21)19(15-22)17-10-7-6-8-11-17;/h6-8,10-11,16,18-19H,3-5,9,12-15,21H2,1-2H3;1H/t16?,18-,19+;/m1./s1. The van der Waals surface area contributed by atoms with Crippen molar-refractivity contribution < 1.29 is 4.79 Å². The van der Waals surface area contributed by atoms with E-state index in [9.17, 15) is 4.79 Å². The van der Waals surface area contributed by atoms with Crippen LogP contribution in [0.2, 0.25) is 0 Å². The highest BCUT2D eigenvalue weighted by Gasteiger charge is 2.35. The third-order valence-electron chi connectivity index (χ3n) is 5.33. The highest BCUT2D eigenvalue weighted by atomic mass is 35.5. The average molecular weight is 353 g/mol. The Bertz CT molecular complexity index is 480. The van der Waals surface area contributed by atoms with Crippen LogP contribution in [0.25, 0.3) is 0 Å². The molecule has 1 saturated heterocycles. The summed E-state index contributed by atoms with van der Waals surface area (Å²) in [5.74, 6) is 1.64. The number of halogens is 1. The van der Waals surface area contributed by atoms with Crippen LogP contribution in [-0.4, -0.2) is 30.4 Å². The normalized spacial score (nSPS) is 21.4. The van der Waals surface area contributed by atoms with E-state index in [0.29, 0.717) is 36.6 Å². The Hall–Kier alpha value is -1.06. The molecule has 24 heavy (non-hydrogen) atoms. The lowest BCUT2D eigenvalue weighted by atomic mass is 9.89. The maximum atomic E-state index is 12.7. The first-order valence-electron chi connectivity index (χ1n) is 9.22. The van der Waals surface area contributed by atoms with Gasteiger partial charge in [0, 0.05) is 25.4 Å². The quantitative estimate of drug-likeness (QED) is 0.761. The monoisotopic (exact) mass is 352 g/mol. The molecule has 1 heterocycles. The highest BCUT2D eigenvalue weighted by molar-refractivity contribution is 5.85. The Labute approximate surface area is 153 Å². The molecule has 3 nitrogen and oxygen atoms in total. The van der Waals surface area contributed by atoms with Gasteiger partial charge in [-0.05, 0) is 30.4 Å². The van der Waals surface area contributed by atoms with Gasteiger partial charge in [0.25, 0.3) is 0 Å². The number of hydrogen-bond donors (Lipinski definition) is 1. The van der Waals surface area contributed by atoms with Gasteiger partial charge in [0.15, 0.2) is 0 Å². The molecular formula is C20H33ClN2O. The summed E-state index contributed by atoms with van der Waals surface area (Å²) in [7, 11) is 0. The van der Waals surface area contributed by atoms with Crippen molar-refractivity contribution in [1.29, 1.82) is 0 Å². The number of amides is 1. The summed E-state index contributed by atoms with van der Waals surface area (Å²) in [5.41, 5.74) is 7.30. The maximum absolute atomic E-state index is 12.7. The SMILES string of the molecule is CCCCC(CC)CC(=O)N1C[C@@H](CN)[C@H](c2ccccc2)C1.Cl. The number of rotatable bonds is 8. The Kier molecular flexibility index (Phi) is 9.38. The van der Waals surface area contributed by atoms with E-state index in [1.165, 1.54) is 24.8 Å². The summed E-state index contributed by atoms with van der Waals surface area (Å²) in [5, 5.41) is 0. The fraction of sp³-hybridized carbons (Fsp3) is 0.650. The summed E-state index contributed by atoms with van der Waals surface area (Å²) in [4.78, 5) is 14.8. The van der Waals surface area contributed by atoms with Crippen LogP contribution < -0.4 is 5.73 Å². The molecule has 1 amide bonds. The third kappa shape index (κ3) is 5.49. The molecule has 1 aliphatic rings. The van der Waals surface area contributed by atoms with Crippen molar-refractivity contribution in [2.24, 2.45) is 17.6 Å². The van der Waals surface area contributed by atoms with Gasteiger partial charge in [0.2, 0.25) is 5.91 Å². The number of nitrogens with zero attached hydrogens (tertiary/aromatic N) is 1. The first-order chi connectivity index (χ1) is 11.2. The molecule has 4 heteroatoms. The number of hydrogen-bond acceptors (Lipinski definition) is 2. The smallest absolute Gasteiger partial charge is 0.222 e. The van der Waals surface area contributed by atoms with Crippen molar-refractivity contribution >= 4 is 18.3 Å². The van der Waals surface area contributed by atoms with Gasteiger partial charge in [0.05, 0.1) is 0 Å². The van der Waals surface area contributed by atoms with E-state index in [2.05, 4.69) is 43.0 Å². The third-order valence-corrected chi connectivity index (χ3v) is 5.33. The number of likely N-dealkylation sites (tertiary alicyclic amines) is 1. The average Bonchev–Trinajstić information content (AvgIpc) is 3.03. The second-order valence-electron chi connectivity index (χ2n) is 6.93. The lowest BCUT2D eigenvalue weighted by Crippen LogP contribution is -2.31. The van der Waals surface area contributed by atoms with Crippen molar-refractivity contribution in [1.82, 2.24) is 4.90 Å². The minimum absolute atomic E-state index is 0. The van der Waals surface area contributed by atoms with E-state index in [1.54, 1.807) is 0 Å². The number of benzene rings is 1. The number of carbonyl (C=O) groups excluding carboxylic acids is 1. The number of carbonyl (C=O) groups is 1. The molecular weight excluding hydrogens is 320 g/mol. The molecule has 1 unspecified atom stereocenters. The first-order valence-corrected chi connectivity index (χ1v) is 9.22. The zero-order chi connectivity index (χ0) is 16.7.